The molecule has 1 aromatic rings. The van der Waals surface area contributed by atoms with Gasteiger partial charge in [-0.05, 0) is 18.9 Å². The van der Waals surface area contributed by atoms with Crippen LogP contribution in [0.25, 0.3) is 0 Å². The van der Waals surface area contributed by atoms with Crippen molar-refractivity contribution in [3.8, 4) is 17.2 Å². The summed E-state index contributed by atoms with van der Waals surface area (Å²) in [5.74, 6) is -0.208. The van der Waals surface area contributed by atoms with Gasteiger partial charge in [-0.1, -0.05) is 26.7 Å². The summed E-state index contributed by atoms with van der Waals surface area (Å²) in [6.45, 7) is 4.86. The van der Waals surface area contributed by atoms with E-state index in [4.69, 9.17) is 14.2 Å². The van der Waals surface area contributed by atoms with Crippen molar-refractivity contribution in [3.63, 3.8) is 0 Å². The maximum Gasteiger partial charge on any atom is 0.206 e. The monoisotopic (exact) mass is 298 g/mol. The molecule has 0 aliphatic carbocycles. The van der Waals surface area contributed by atoms with E-state index in [9.17, 15) is 9.18 Å². The Hall–Kier alpha value is -1.78. The van der Waals surface area contributed by atoms with Gasteiger partial charge in [-0.2, -0.15) is 0 Å². The molecule has 21 heavy (non-hydrogen) atoms. The zero-order valence-corrected chi connectivity index (χ0v) is 12.9. The summed E-state index contributed by atoms with van der Waals surface area (Å²) >= 11 is 0. The molecule has 0 fully saturated rings. The van der Waals surface area contributed by atoms with Crippen molar-refractivity contribution in [2.45, 2.75) is 39.5 Å². The average Bonchev–Trinajstić information content (AvgIpc) is 2.50. The Labute approximate surface area is 125 Å². The third kappa shape index (κ3) is 4.62. The molecule has 118 valence electrons. The van der Waals surface area contributed by atoms with Crippen LogP contribution in [-0.4, -0.2) is 26.6 Å². The van der Waals surface area contributed by atoms with Gasteiger partial charge in [0, 0.05) is 0 Å². The molecule has 0 bridgehead atoms. The lowest BCUT2D eigenvalue weighted by molar-refractivity contribution is 0.111. The largest absolute Gasteiger partial charge is 0.493 e. The summed E-state index contributed by atoms with van der Waals surface area (Å²) in [5, 5.41) is 0. The number of unbranched alkanes of at least 4 members (excludes halogenated alkanes) is 2. The summed E-state index contributed by atoms with van der Waals surface area (Å²) < 4.78 is 30.6. The van der Waals surface area contributed by atoms with Crippen LogP contribution < -0.4 is 14.2 Å². The number of rotatable bonds is 10. The molecule has 1 aromatic carbocycles. The highest BCUT2D eigenvalue weighted by molar-refractivity contribution is 5.79. The minimum atomic E-state index is -0.701. The highest BCUT2D eigenvalue weighted by Gasteiger charge is 2.21. The van der Waals surface area contributed by atoms with Crippen molar-refractivity contribution in [1.29, 1.82) is 0 Å². The number of methoxy groups -OCH3 is 1. The van der Waals surface area contributed by atoms with Crippen molar-refractivity contribution >= 4 is 6.29 Å². The van der Waals surface area contributed by atoms with E-state index >= 15 is 0 Å². The number of benzene rings is 1. The average molecular weight is 298 g/mol. The maximum atomic E-state index is 14.3. The molecule has 5 heteroatoms. The van der Waals surface area contributed by atoms with E-state index in [1.807, 2.05) is 13.8 Å². The van der Waals surface area contributed by atoms with E-state index in [0.29, 0.717) is 25.2 Å². The van der Waals surface area contributed by atoms with Crippen LogP contribution in [0.2, 0.25) is 0 Å². The molecule has 0 atom stereocenters. The number of carbonyl (C=O) groups is 1. The Morgan fingerprint density at radius 1 is 1.10 bits per heavy atom. The van der Waals surface area contributed by atoms with Crippen LogP contribution in [-0.2, 0) is 0 Å². The van der Waals surface area contributed by atoms with Crippen molar-refractivity contribution in [2.24, 2.45) is 0 Å². The fourth-order valence-corrected chi connectivity index (χ4v) is 1.75. The third-order valence-corrected chi connectivity index (χ3v) is 3.00. The van der Waals surface area contributed by atoms with Crippen molar-refractivity contribution in [2.75, 3.05) is 20.3 Å². The Morgan fingerprint density at radius 2 is 1.67 bits per heavy atom. The van der Waals surface area contributed by atoms with E-state index in [1.165, 1.54) is 13.2 Å². The Bertz CT molecular complexity index is 460. The van der Waals surface area contributed by atoms with E-state index in [-0.39, 0.29) is 17.1 Å². The zero-order chi connectivity index (χ0) is 15.7. The summed E-state index contributed by atoms with van der Waals surface area (Å²) in [6, 6.07) is 1.33. The van der Waals surface area contributed by atoms with Crippen LogP contribution in [0, 0.1) is 5.82 Å². The lowest BCUT2D eigenvalue weighted by Crippen LogP contribution is -2.07. The van der Waals surface area contributed by atoms with E-state index in [0.717, 1.165) is 25.7 Å². The summed E-state index contributed by atoms with van der Waals surface area (Å²) in [7, 11) is 1.45. The molecule has 1 rings (SSSR count). The van der Waals surface area contributed by atoms with Gasteiger partial charge in [0.05, 0.1) is 25.9 Å². The SMILES string of the molecule is CCCCOc1c(OC)cc(C=O)c(F)c1OCCCC. The summed E-state index contributed by atoms with van der Waals surface area (Å²) in [4.78, 5) is 11.0. The molecule has 0 aromatic heterocycles. The van der Waals surface area contributed by atoms with Crippen LogP contribution in [0.1, 0.15) is 49.9 Å². The van der Waals surface area contributed by atoms with Gasteiger partial charge in [0.15, 0.2) is 17.9 Å². The molecule has 0 saturated heterocycles. The minimum Gasteiger partial charge on any atom is -0.493 e. The van der Waals surface area contributed by atoms with Crippen LogP contribution in [0.5, 0.6) is 17.2 Å². The second-order valence-electron chi connectivity index (χ2n) is 4.66. The smallest absolute Gasteiger partial charge is 0.206 e. The quantitative estimate of drug-likeness (QED) is 0.484. The molecular formula is C16H23FO4. The molecule has 0 amide bonds. The van der Waals surface area contributed by atoms with Gasteiger partial charge in [-0.15, -0.1) is 0 Å². The van der Waals surface area contributed by atoms with Gasteiger partial charge >= 0.3 is 0 Å². The number of ether oxygens (including phenoxy) is 3. The predicted molar refractivity (Wildman–Crippen MR) is 79.1 cm³/mol. The highest BCUT2D eigenvalue weighted by Crippen LogP contribution is 2.41. The number of hydrogen-bond acceptors (Lipinski definition) is 4. The Morgan fingerprint density at radius 3 is 2.14 bits per heavy atom. The first kappa shape index (κ1) is 17.3. The number of aldehydes is 1. The van der Waals surface area contributed by atoms with Gasteiger partial charge < -0.3 is 14.2 Å². The standard InChI is InChI=1S/C16H23FO4/c1-4-6-8-20-15-13(19-3)10-12(11-18)14(17)16(15)21-9-7-5-2/h10-11H,4-9H2,1-3H3. The molecule has 0 aliphatic rings. The molecule has 0 N–H and O–H groups in total. The topological polar surface area (TPSA) is 44.8 Å². The summed E-state index contributed by atoms with van der Waals surface area (Å²) in [5.41, 5.74) is -0.0961. The van der Waals surface area contributed by atoms with Crippen molar-refractivity contribution in [3.05, 3.63) is 17.4 Å². The molecule has 0 aliphatic heterocycles. The molecule has 0 heterocycles. The van der Waals surface area contributed by atoms with Crippen LogP contribution in [0.4, 0.5) is 4.39 Å². The molecule has 0 radical (unpaired) electrons. The Balaban J connectivity index is 3.13. The second kappa shape index (κ2) is 9.21. The highest BCUT2D eigenvalue weighted by atomic mass is 19.1. The molecular weight excluding hydrogens is 275 g/mol. The van der Waals surface area contributed by atoms with Crippen molar-refractivity contribution in [1.82, 2.24) is 0 Å². The minimum absolute atomic E-state index is 0.0407. The first-order valence-electron chi connectivity index (χ1n) is 7.30. The van der Waals surface area contributed by atoms with E-state index in [1.54, 1.807) is 0 Å². The lowest BCUT2D eigenvalue weighted by atomic mass is 10.2. The van der Waals surface area contributed by atoms with Gasteiger partial charge in [0.1, 0.15) is 0 Å². The second-order valence-corrected chi connectivity index (χ2v) is 4.66. The van der Waals surface area contributed by atoms with E-state index < -0.39 is 5.82 Å². The number of halogens is 1. The zero-order valence-electron chi connectivity index (χ0n) is 12.9. The fourth-order valence-electron chi connectivity index (χ4n) is 1.75. The fraction of sp³-hybridized carbons (Fsp3) is 0.562. The third-order valence-electron chi connectivity index (χ3n) is 3.00. The summed E-state index contributed by atoms with van der Waals surface area (Å²) in [6.07, 6.45) is 3.97. The predicted octanol–water partition coefficient (Wildman–Crippen LogP) is 4.00. The number of carbonyl (C=O) groups excluding carboxylic acids is 1. The molecule has 4 nitrogen and oxygen atoms in total. The van der Waals surface area contributed by atoms with Gasteiger partial charge in [-0.25, -0.2) is 4.39 Å². The Kier molecular flexibility index (Phi) is 7.58. The normalized spacial score (nSPS) is 10.3. The maximum absolute atomic E-state index is 14.3. The molecule has 0 saturated carbocycles. The number of hydrogen-bond donors (Lipinski definition) is 0. The lowest BCUT2D eigenvalue weighted by Gasteiger charge is -2.17. The van der Waals surface area contributed by atoms with Gasteiger partial charge in [0.2, 0.25) is 11.5 Å². The van der Waals surface area contributed by atoms with Gasteiger partial charge in [0.25, 0.3) is 0 Å². The van der Waals surface area contributed by atoms with Crippen molar-refractivity contribution < 1.29 is 23.4 Å². The molecule has 0 unspecified atom stereocenters. The molecule has 0 spiro atoms. The first-order chi connectivity index (χ1) is 10.2. The van der Waals surface area contributed by atoms with E-state index in [2.05, 4.69) is 0 Å². The van der Waals surface area contributed by atoms with Crippen LogP contribution in [0.3, 0.4) is 0 Å². The van der Waals surface area contributed by atoms with Gasteiger partial charge in [-0.3, -0.25) is 4.79 Å². The first-order valence-corrected chi connectivity index (χ1v) is 7.30. The van der Waals surface area contributed by atoms with Crippen LogP contribution >= 0.6 is 0 Å². The van der Waals surface area contributed by atoms with Crippen LogP contribution in [0.15, 0.2) is 6.07 Å².